The minimum atomic E-state index is 0.154. The third-order valence-corrected chi connectivity index (χ3v) is 2.70. The Kier molecular flexibility index (Phi) is 4.85. The number of hydrogen-bond donors (Lipinski definition) is 0. The summed E-state index contributed by atoms with van der Waals surface area (Å²) in [5.41, 5.74) is 1.45. The molecule has 1 heteroatoms. The molecular formula is C15H24O. The molecule has 0 aromatic heterocycles. The average Bonchev–Trinajstić information content (AvgIpc) is 2.24. The van der Waals surface area contributed by atoms with Crippen molar-refractivity contribution in [2.75, 3.05) is 6.61 Å². The molecule has 0 heterocycles. The van der Waals surface area contributed by atoms with E-state index in [9.17, 15) is 0 Å². The van der Waals surface area contributed by atoms with Crippen molar-refractivity contribution in [2.24, 2.45) is 0 Å². The second-order valence-electron chi connectivity index (χ2n) is 5.30. The van der Waals surface area contributed by atoms with E-state index >= 15 is 0 Å². The zero-order valence-electron chi connectivity index (χ0n) is 11.0. The van der Waals surface area contributed by atoms with Gasteiger partial charge in [0.25, 0.3) is 0 Å². The maximum absolute atomic E-state index is 5.87. The Hall–Kier alpha value is -0.980. The van der Waals surface area contributed by atoms with Crippen LogP contribution in [-0.4, -0.2) is 6.61 Å². The summed E-state index contributed by atoms with van der Waals surface area (Å²) in [7, 11) is 0. The minimum absolute atomic E-state index is 0.154. The summed E-state index contributed by atoms with van der Waals surface area (Å²) in [6.45, 7) is 9.72. The summed E-state index contributed by atoms with van der Waals surface area (Å²) < 4.78 is 5.87. The minimum Gasteiger partial charge on any atom is -0.493 e. The lowest BCUT2D eigenvalue weighted by atomic mass is 9.86. The molecule has 1 aromatic carbocycles. The van der Waals surface area contributed by atoms with E-state index < -0.39 is 0 Å². The maximum atomic E-state index is 5.87. The van der Waals surface area contributed by atoms with Crippen molar-refractivity contribution < 1.29 is 4.74 Å². The Morgan fingerprint density at radius 2 is 1.75 bits per heavy atom. The van der Waals surface area contributed by atoms with Crippen molar-refractivity contribution in [3.05, 3.63) is 29.8 Å². The second-order valence-corrected chi connectivity index (χ2v) is 5.30. The van der Waals surface area contributed by atoms with Crippen LogP contribution >= 0.6 is 0 Å². The van der Waals surface area contributed by atoms with Gasteiger partial charge >= 0.3 is 0 Å². The molecule has 1 rings (SSSR count). The van der Waals surface area contributed by atoms with Crippen LogP contribution in [0, 0.1) is 0 Å². The third kappa shape index (κ3) is 3.88. The molecule has 0 saturated carbocycles. The van der Waals surface area contributed by atoms with Crippen molar-refractivity contribution in [1.29, 1.82) is 0 Å². The largest absolute Gasteiger partial charge is 0.493 e. The predicted octanol–water partition coefficient (Wildman–Crippen LogP) is 4.55. The molecule has 1 nitrogen and oxygen atoms in total. The van der Waals surface area contributed by atoms with E-state index in [-0.39, 0.29) is 5.41 Å². The fraction of sp³-hybridized carbons (Fsp3) is 0.600. The molecule has 0 fully saturated rings. The van der Waals surface area contributed by atoms with Gasteiger partial charge in [-0.2, -0.15) is 0 Å². The number of para-hydroxylation sites is 1. The van der Waals surface area contributed by atoms with Gasteiger partial charge in [-0.1, -0.05) is 58.7 Å². The van der Waals surface area contributed by atoms with Gasteiger partial charge in [-0.3, -0.25) is 0 Å². The van der Waals surface area contributed by atoms with Crippen LogP contribution in [0.3, 0.4) is 0 Å². The molecule has 90 valence electrons. The van der Waals surface area contributed by atoms with Gasteiger partial charge in [-0.05, 0) is 23.5 Å². The first-order chi connectivity index (χ1) is 7.55. The monoisotopic (exact) mass is 220 g/mol. The van der Waals surface area contributed by atoms with Crippen LogP contribution in [0.2, 0.25) is 0 Å². The van der Waals surface area contributed by atoms with Crippen LogP contribution < -0.4 is 4.74 Å². The molecule has 0 N–H and O–H groups in total. The van der Waals surface area contributed by atoms with Crippen LogP contribution in [0.5, 0.6) is 5.75 Å². The summed E-state index contributed by atoms with van der Waals surface area (Å²) in [5.74, 6) is 1.05. The van der Waals surface area contributed by atoms with Crippen molar-refractivity contribution in [3.8, 4) is 5.75 Å². The van der Waals surface area contributed by atoms with Gasteiger partial charge in [0.15, 0.2) is 0 Å². The average molecular weight is 220 g/mol. The lowest BCUT2D eigenvalue weighted by Gasteiger charge is -2.22. The van der Waals surface area contributed by atoms with E-state index in [4.69, 9.17) is 4.74 Å². The zero-order chi connectivity index (χ0) is 12.0. The van der Waals surface area contributed by atoms with Gasteiger partial charge in [0.1, 0.15) is 5.75 Å². The summed E-state index contributed by atoms with van der Waals surface area (Å²) >= 11 is 0. The first kappa shape index (κ1) is 13.1. The van der Waals surface area contributed by atoms with Crippen LogP contribution in [0.4, 0.5) is 0 Å². The van der Waals surface area contributed by atoms with Crippen LogP contribution in [-0.2, 0) is 5.41 Å². The predicted molar refractivity (Wildman–Crippen MR) is 70.2 cm³/mol. The van der Waals surface area contributed by atoms with Gasteiger partial charge < -0.3 is 4.74 Å². The Labute approximate surface area is 99.8 Å². The molecule has 0 aliphatic rings. The van der Waals surface area contributed by atoms with E-state index in [0.29, 0.717) is 0 Å². The van der Waals surface area contributed by atoms with Crippen molar-refractivity contribution in [2.45, 2.75) is 52.4 Å². The lowest BCUT2D eigenvalue weighted by molar-refractivity contribution is 0.298. The van der Waals surface area contributed by atoms with E-state index in [0.717, 1.165) is 18.8 Å². The summed E-state index contributed by atoms with van der Waals surface area (Å²) in [5, 5.41) is 0. The Balaban J connectivity index is 2.65. The van der Waals surface area contributed by atoms with Crippen molar-refractivity contribution in [1.82, 2.24) is 0 Å². The Bertz CT molecular complexity index is 309. The molecular weight excluding hydrogens is 196 g/mol. The summed E-state index contributed by atoms with van der Waals surface area (Å²) in [6.07, 6.45) is 3.64. The summed E-state index contributed by atoms with van der Waals surface area (Å²) in [4.78, 5) is 0. The molecule has 0 atom stereocenters. The van der Waals surface area contributed by atoms with Gasteiger partial charge in [0.05, 0.1) is 6.61 Å². The van der Waals surface area contributed by atoms with E-state index in [1.54, 1.807) is 0 Å². The van der Waals surface area contributed by atoms with Crippen molar-refractivity contribution in [3.63, 3.8) is 0 Å². The number of rotatable bonds is 5. The standard InChI is InChI=1S/C15H24O/c1-5-6-9-12-16-14-11-8-7-10-13(14)15(2,3)4/h7-8,10-11H,5-6,9,12H2,1-4H3. The Morgan fingerprint density at radius 3 is 2.38 bits per heavy atom. The normalized spacial score (nSPS) is 11.5. The van der Waals surface area contributed by atoms with Gasteiger partial charge in [-0.25, -0.2) is 0 Å². The second kappa shape index (κ2) is 5.93. The third-order valence-electron chi connectivity index (χ3n) is 2.70. The van der Waals surface area contributed by atoms with E-state index in [2.05, 4.69) is 45.9 Å². The highest BCUT2D eigenvalue weighted by atomic mass is 16.5. The molecule has 0 amide bonds. The molecule has 0 spiro atoms. The number of ether oxygens (including phenoxy) is 1. The molecule has 0 saturated heterocycles. The summed E-state index contributed by atoms with van der Waals surface area (Å²) in [6, 6.07) is 8.37. The van der Waals surface area contributed by atoms with E-state index in [1.165, 1.54) is 18.4 Å². The Morgan fingerprint density at radius 1 is 1.06 bits per heavy atom. The van der Waals surface area contributed by atoms with Crippen LogP contribution in [0.15, 0.2) is 24.3 Å². The smallest absolute Gasteiger partial charge is 0.123 e. The first-order valence-corrected chi connectivity index (χ1v) is 6.28. The number of hydrogen-bond acceptors (Lipinski definition) is 1. The highest BCUT2D eigenvalue weighted by Gasteiger charge is 2.17. The maximum Gasteiger partial charge on any atom is 0.123 e. The van der Waals surface area contributed by atoms with Crippen LogP contribution in [0.25, 0.3) is 0 Å². The van der Waals surface area contributed by atoms with Gasteiger partial charge in [0.2, 0.25) is 0 Å². The molecule has 0 aliphatic carbocycles. The first-order valence-electron chi connectivity index (χ1n) is 6.28. The molecule has 0 aliphatic heterocycles. The van der Waals surface area contributed by atoms with Crippen molar-refractivity contribution >= 4 is 0 Å². The number of benzene rings is 1. The molecule has 0 radical (unpaired) electrons. The SMILES string of the molecule is CCCCCOc1ccccc1C(C)(C)C. The zero-order valence-corrected chi connectivity index (χ0v) is 11.0. The van der Waals surface area contributed by atoms with Crippen LogP contribution in [0.1, 0.15) is 52.5 Å². The molecule has 0 unspecified atom stereocenters. The van der Waals surface area contributed by atoms with E-state index in [1.807, 2.05) is 6.07 Å². The number of unbranched alkanes of at least 4 members (excludes halogenated alkanes) is 2. The lowest BCUT2D eigenvalue weighted by Crippen LogP contribution is -2.13. The molecule has 16 heavy (non-hydrogen) atoms. The van der Waals surface area contributed by atoms with Gasteiger partial charge in [-0.15, -0.1) is 0 Å². The topological polar surface area (TPSA) is 9.23 Å². The van der Waals surface area contributed by atoms with Gasteiger partial charge in [0, 0.05) is 0 Å². The fourth-order valence-corrected chi connectivity index (χ4v) is 1.75. The molecule has 0 bridgehead atoms. The quantitative estimate of drug-likeness (QED) is 0.661. The molecule has 1 aromatic rings. The highest BCUT2D eigenvalue weighted by Crippen LogP contribution is 2.30. The fourth-order valence-electron chi connectivity index (χ4n) is 1.75. The highest BCUT2D eigenvalue weighted by molar-refractivity contribution is 5.38.